The summed E-state index contributed by atoms with van der Waals surface area (Å²) in [5.41, 5.74) is 2.83. The smallest absolute Gasteiger partial charge is 0.227 e. The maximum atomic E-state index is 12.7. The molecule has 5 nitrogen and oxygen atoms in total. The van der Waals surface area contributed by atoms with Gasteiger partial charge in [-0.3, -0.25) is 4.79 Å². The summed E-state index contributed by atoms with van der Waals surface area (Å²) in [4.78, 5) is 14.2. The predicted octanol–water partition coefficient (Wildman–Crippen LogP) is 2.21. The molecule has 0 spiro atoms. The van der Waals surface area contributed by atoms with E-state index in [1.807, 2.05) is 61.5 Å². The van der Waals surface area contributed by atoms with Crippen LogP contribution in [0.4, 0.5) is 0 Å². The zero-order chi connectivity index (χ0) is 18.6. The summed E-state index contributed by atoms with van der Waals surface area (Å²) in [6.07, 6.45) is 0.358. The number of amides is 1. The summed E-state index contributed by atoms with van der Waals surface area (Å²) in [5.74, 6) is 0.0547. The van der Waals surface area contributed by atoms with Crippen molar-refractivity contribution in [1.29, 1.82) is 0 Å². The van der Waals surface area contributed by atoms with E-state index in [1.165, 1.54) is 4.31 Å². The lowest BCUT2D eigenvalue weighted by molar-refractivity contribution is -0.131. The highest BCUT2D eigenvalue weighted by Gasteiger charge is 2.28. The largest absolute Gasteiger partial charge is 0.340 e. The van der Waals surface area contributed by atoms with Crippen molar-refractivity contribution in [3.8, 4) is 0 Å². The Morgan fingerprint density at radius 3 is 2.23 bits per heavy atom. The number of nitrogens with zero attached hydrogens (tertiary/aromatic N) is 2. The van der Waals surface area contributed by atoms with Gasteiger partial charge in [0.25, 0.3) is 0 Å². The van der Waals surface area contributed by atoms with Crippen LogP contribution in [0, 0.1) is 6.92 Å². The molecule has 0 radical (unpaired) electrons. The molecule has 1 heterocycles. The molecule has 0 saturated carbocycles. The zero-order valence-electron chi connectivity index (χ0n) is 15.0. The van der Waals surface area contributed by atoms with Crippen molar-refractivity contribution in [2.45, 2.75) is 19.1 Å². The lowest BCUT2D eigenvalue weighted by Gasteiger charge is -2.34. The summed E-state index contributed by atoms with van der Waals surface area (Å²) in [6.45, 7) is 3.55. The highest BCUT2D eigenvalue weighted by Crippen LogP contribution is 2.15. The molecule has 0 aliphatic carbocycles. The Labute approximate surface area is 155 Å². The minimum absolute atomic E-state index is 0.00659. The Bertz CT molecular complexity index is 858. The van der Waals surface area contributed by atoms with Crippen LogP contribution in [0.15, 0.2) is 54.6 Å². The summed E-state index contributed by atoms with van der Waals surface area (Å²) >= 11 is 0. The lowest BCUT2D eigenvalue weighted by atomic mass is 10.1. The average Bonchev–Trinajstić information content (AvgIpc) is 2.62. The van der Waals surface area contributed by atoms with Crippen molar-refractivity contribution >= 4 is 15.9 Å². The zero-order valence-corrected chi connectivity index (χ0v) is 15.8. The van der Waals surface area contributed by atoms with Crippen LogP contribution in [0.1, 0.15) is 16.7 Å². The van der Waals surface area contributed by atoms with Crippen LogP contribution in [0.3, 0.4) is 0 Å². The molecule has 1 amide bonds. The van der Waals surface area contributed by atoms with Crippen LogP contribution < -0.4 is 0 Å². The third-order valence-electron chi connectivity index (χ3n) is 4.61. The molecular formula is C20H24N2O3S. The van der Waals surface area contributed by atoms with Crippen molar-refractivity contribution in [3.63, 3.8) is 0 Å². The van der Waals surface area contributed by atoms with E-state index in [9.17, 15) is 13.2 Å². The van der Waals surface area contributed by atoms with Gasteiger partial charge in [0.15, 0.2) is 0 Å². The van der Waals surface area contributed by atoms with Gasteiger partial charge in [-0.25, -0.2) is 8.42 Å². The summed E-state index contributed by atoms with van der Waals surface area (Å²) < 4.78 is 26.8. The van der Waals surface area contributed by atoms with Crippen molar-refractivity contribution in [2.75, 3.05) is 26.2 Å². The minimum Gasteiger partial charge on any atom is -0.340 e. The third-order valence-corrected chi connectivity index (χ3v) is 6.46. The second-order valence-electron chi connectivity index (χ2n) is 6.69. The second-order valence-corrected chi connectivity index (χ2v) is 8.66. The molecule has 1 saturated heterocycles. The molecule has 0 aromatic heterocycles. The van der Waals surface area contributed by atoms with E-state index in [0.29, 0.717) is 32.6 Å². The summed E-state index contributed by atoms with van der Waals surface area (Å²) in [7, 11) is -3.37. The maximum Gasteiger partial charge on any atom is 0.227 e. The van der Waals surface area contributed by atoms with Gasteiger partial charge in [-0.2, -0.15) is 4.31 Å². The van der Waals surface area contributed by atoms with E-state index >= 15 is 0 Å². The number of aryl methyl sites for hydroxylation is 1. The first-order valence-electron chi connectivity index (χ1n) is 8.79. The highest BCUT2D eigenvalue weighted by molar-refractivity contribution is 7.88. The van der Waals surface area contributed by atoms with Crippen LogP contribution >= 0.6 is 0 Å². The quantitative estimate of drug-likeness (QED) is 0.809. The third kappa shape index (κ3) is 4.71. The number of piperazine rings is 1. The molecule has 0 N–H and O–H groups in total. The Morgan fingerprint density at radius 1 is 0.923 bits per heavy atom. The molecular weight excluding hydrogens is 348 g/mol. The van der Waals surface area contributed by atoms with E-state index in [0.717, 1.165) is 16.7 Å². The van der Waals surface area contributed by atoms with Gasteiger partial charge in [-0.05, 0) is 18.1 Å². The molecule has 0 atom stereocenters. The van der Waals surface area contributed by atoms with Crippen LogP contribution in [-0.2, 0) is 27.0 Å². The molecule has 1 aliphatic rings. The molecule has 0 bridgehead atoms. The number of sulfonamides is 1. The number of benzene rings is 2. The van der Waals surface area contributed by atoms with Gasteiger partial charge in [0.05, 0.1) is 12.2 Å². The molecule has 2 aromatic rings. The summed E-state index contributed by atoms with van der Waals surface area (Å²) in [6, 6.07) is 17.2. The Balaban J connectivity index is 1.56. The van der Waals surface area contributed by atoms with Gasteiger partial charge in [0, 0.05) is 26.2 Å². The van der Waals surface area contributed by atoms with Gasteiger partial charge in [-0.1, -0.05) is 60.2 Å². The number of rotatable bonds is 5. The number of hydrogen-bond donors (Lipinski definition) is 0. The van der Waals surface area contributed by atoms with E-state index in [4.69, 9.17) is 0 Å². The highest BCUT2D eigenvalue weighted by atomic mass is 32.2. The van der Waals surface area contributed by atoms with Crippen LogP contribution in [-0.4, -0.2) is 49.7 Å². The number of carbonyl (C=O) groups is 1. The van der Waals surface area contributed by atoms with E-state index in [2.05, 4.69) is 0 Å². The van der Waals surface area contributed by atoms with Crippen LogP contribution in [0.2, 0.25) is 0 Å². The molecule has 0 unspecified atom stereocenters. The number of carbonyl (C=O) groups excluding carboxylic acids is 1. The molecule has 138 valence electrons. The Morgan fingerprint density at radius 2 is 1.58 bits per heavy atom. The first-order chi connectivity index (χ1) is 12.4. The van der Waals surface area contributed by atoms with Crippen LogP contribution in [0.25, 0.3) is 0 Å². The van der Waals surface area contributed by atoms with Gasteiger partial charge in [-0.15, -0.1) is 0 Å². The topological polar surface area (TPSA) is 57.7 Å². The SMILES string of the molecule is Cc1cccc(CS(=O)(=O)N2CCN(C(=O)Cc3ccccc3)CC2)c1. The summed E-state index contributed by atoms with van der Waals surface area (Å²) in [5, 5.41) is 0. The predicted molar refractivity (Wildman–Crippen MR) is 102 cm³/mol. The Hall–Kier alpha value is -2.18. The monoisotopic (exact) mass is 372 g/mol. The van der Waals surface area contributed by atoms with Gasteiger partial charge < -0.3 is 4.90 Å². The van der Waals surface area contributed by atoms with Gasteiger partial charge in [0.2, 0.25) is 15.9 Å². The lowest BCUT2D eigenvalue weighted by Crippen LogP contribution is -2.51. The number of hydrogen-bond acceptors (Lipinski definition) is 3. The van der Waals surface area contributed by atoms with Crippen molar-refractivity contribution in [2.24, 2.45) is 0 Å². The average molecular weight is 372 g/mol. The molecule has 1 fully saturated rings. The van der Waals surface area contributed by atoms with Gasteiger partial charge >= 0.3 is 0 Å². The fourth-order valence-corrected chi connectivity index (χ4v) is 4.70. The fourth-order valence-electron chi connectivity index (χ4n) is 3.20. The van der Waals surface area contributed by atoms with Crippen molar-refractivity contribution < 1.29 is 13.2 Å². The normalized spacial score (nSPS) is 15.8. The van der Waals surface area contributed by atoms with E-state index in [-0.39, 0.29) is 11.7 Å². The van der Waals surface area contributed by atoms with E-state index < -0.39 is 10.0 Å². The second kappa shape index (κ2) is 8.01. The molecule has 3 rings (SSSR count). The van der Waals surface area contributed by atoms with E-state index in [1.54, 1.807) is 4.90 Å². The van der Waals surface area contributed by atoms with Gasteiger partial charge in [0.1, 0.15) is 0 Å². The molecule has 1 aliphatic heterocycles. The van der Waals surface area contributed by atoms with Crippen LogP contribution in [0.5, 0.6) is 0 Å². The molecule has 6 heteroatoms. The molecule has 2 aromatic carbocycles. The standard InChI is InChI=1S/C20H24N2O3S/c1-17-6-5-9-19(14-17)16-26(24,25)22-12-10-21(11-13-22)20(23)15-18-7-3-2-4-8-18/h2-9,14H,10-13,15-16H2,1H3. The first kappa shape index (κ1) is 18.6. The fraction of sp³-hybridized carbons (Fsp3) is 0.350. The Kier molecular flexibility index (Phi) is 5.74. The van der Waals surface area contributed by atoms with Crippen molar-refractivity contribution in [3.05, 3.63) is 71.3 Å². The van der Waals surface area contributed by atoms with Crippen molar-refractivity contribution in [1.82, 2.24) is 9.21 Å². The minimum atomic E-state index is -3.37. The maximum absolute atomic E-state index is 12.7. The first-order valence-corrected chi connectivity index (χ1v) is 10.4. The molecule has 26 heavy (non-hydrogen) atoms.